The molecule has 0 amide bonds. The first kappa shape index (κ1) is 10.7. The van der Waals surface area contributed by atoms with Gasteiger partial charge in [-0.2, -0.15) is 0 Å². The van der Waals surface area contributed by atoms with Crippen molar-refractivity contribution in [3.63, 3.8) is 0 Å². The van der Waals surface area contributed by atoms with Crippen LogP contribution in [0, 0.1) is 0 Å². The summed E-state index contributed by atoms with van der Waals surface area (Å²) >= 11 is 0. The SMILES string of the molecule is O=C(Cc1ccoc1)c1nccc2ccccc12. The first-order chi connectivity index (χ1) is 8.84. The lowest BCUT2D eigenvalue weighted by Crippen LogP contribution is -2.06. The molecular weight excluding hydrogens is 226 g/mol. The number of aromatic nitrogens is 1. The van der Waals surface area contributed by atoms with E-state index in [1.807, 2.05) is 30.3 Å². The van der Waals surface area contributed by atoms with Crippen LogP contribution < -0.4 is 0 Å². The van der Waals surface area contributed by atoms with Crippen molar-refractivity contribution in [2.24, 2.45) is 0 Å². The maximum Gasteiger partial charge on any atom is 0.186 e. The second-order valence-corrected chi connectivity index (χ2v) is 4.11. The van der Waals surface area contributed by atoms with Crippen molar-refractivity contribution in [1.82, 2.24) is 4.98 Å². The largest absolute Gasteiger partial charge is 0.472 e. The number of pyridine rings is 1. The molecule has 0 aliphatic rings. The number of rotatable bonds is 3. The Bertz CT molecular complexity index is 681. The van der Waals surface area contributed by atoms with Gasteiger partial charge in [-0.15, -0.1) is 0 Å². The van der Waals surface area contributed by atoms with Crippen molar-refractivity contribution in [1.29, 1.82) is 0 Å². The molecule has 0 aliphatic heterocycles. The van der Waals surface area contributed by atoms with Crippen molar-refractivity contribution in [3.8, 4) is 0 Å². The highest BCUT2D eigenvalue weighted by molar-refractivity contribution is 6.06. The molecule has 0 atom stereocenters. The van der Waals surface area contributed by atoms with Crippen LogP contribution in [0.4, 0.5) is 0 Å². The molecule has 3 heteroatoms. The average molecular weight is 237 g/mol. The first-order valence-corrected chi connectivity index (χ1v) is 5.72. The molecule has 2 aromatic heterocycles. The standard InChI is InChI=1S/C15H11NO2/c17-14(9-11-6-8-18-10-11)15-13-4-2-1-3-12(13)5-7-16-15/h1-8,10H,9H2. The Morgan fingerprint density at radius 3 is 2.89 bits per heavy atom. The number of hydrogen-bond acceptors (Lipinski definition) is 3. The van der Waals surface area contributed by atoms with Gasteiger partial charge in [0.15, 0.2) is 5.78 Å². The van der Waals surface area contributed by atoms with E-state index in [9.17, 15) is 4.79 Å². The van der Waals surface area contributed by atoms with Crippen molar-refractivity contribution in [3.05, 3.63) is 66.4 Å². The number of hydrogen-bond donors (Lipinski definition) is 0. The normalized spacial score (nSPS) is 10.7. The monoisotopic (exact) mass is 237 g/mol. The summed E-state index contributed by atoms with van der Waals surface area (Å²) in [6, 6.07) is 11.5. The highest BCUT2D eigenvalue weighted by atomic mass is 16.3. The van der Waals surface area contributed by atoms with Crippen LogP contribution in [-0.2, 0) is 6.42 Å². The highest BCUT2D eigenvalue weighted by Crippen LogP contribution is 2.18. The van der Waals surface area contributed by atoms with E-state index in [1.54, 1.807) is 24.8 Å². The molecule has 0 radical (unpaired) electrons. The summed E-state index contributed by atoms with van der Waals surface area (Å²) in [5, 5.41) is 1.93. The third-order valence-electron chi connectivity index (χ3n) is 2.88. The van der Waals surface area contributed by atoms with Gasteiger partial charge >= 0.3 is 0 Å². The smallest absolute Gasteiger partial charge is 0.186 e. The Labute approximate surface area is 104 Å². The Morgan fingerprint density at radius 1 is 1.17 bits per heavy atom. The highest BCUT2D eigenvalue weighted by Gasteiger charge is 2.12. The summed E-state index contributed by atoms with van der Waals surface area (Å²) in [6.07, 6.45) is 5.14. The van der Waals surface area contributed by atoms with Gasteiger partial charge < -0.3 is 4.42 Å². The number of benzene rings is 1. The van der Waals surface area contributed by atoms with E-state index in [2.05, 4.69) is 4.98 Å². The van der Waals surface area contributed by atoms with Gasteiger partial charge in [-0.3, -0.25) is 9.78 Å². The maximum atomic E-state index is 12.2. The molecule has 3 nitrogen and oxygen atoms in total. The van der Waals surface area contributed by atoms with E-state index in [4.69, 9.17) is 4.42 Å². The van der Waals surface area contributed by atoms with Crippen LogP contribution in [0.5, 0.6) is 0 Å². The number of furan rings is 1. The summed E-state index contributed by atoms with van der Waals surface area (Å²) < 4.78 is 4.97. The molecule has 1 aromatic carbocycles. The average Bonchev–Trinajstić information content (AvgIpc) is 2.91. The summed E-state index contributed by atoms with van der Waals surface area (Å²) in [6.45, 7) is 0. The number of ketones is 1. The molecule has 2 heterocycles. The van der Waals surface area contributed by atoms with Crippen molar-refractivity contribution >= 4 is 16.6 Å². The molecule has 0 N–H and O–H groups in total. The fraction of sp³-hybridized carbons (Fsp3) is 0.0667. The maximum absolute atomic E-state index is 12.2. The zero-order valence-electron chi connectivity index (χ0n) is 9.67. The van der Waals surface area contributed by atoms with E-state index in [0.717, 1.165) is 16.3 Å². The lowest BCUT2D eigenvalue weighted by molar-refractivity contribution is 0.0990. The van der Waals surface area contributed by atoms with E-state index in [1.165, 1.54) is 0 Å². The molecule has 0 saturated carbocycles. The second-order valence-electron chi connectivity index (χ2n) is 4.11. The van der Waals surface area contributed by atoms with Crippen LogP contribution in [0.2, 0.25) is 0 Å². The van der Waals surface area contributed by atoms with Gasteiger partial charge in [-0.1, -0.05) is 24.3 Å². The van der Waals surface area contributed by atoms with E-state index in [-0.39, 0.29) is 5.78 Å². The Kier molecular flexibility index (Phi) is 2.65. The van der Waals surface area contributed by atoms with Gasteiger partial charge in [0.1, 0.15) is 5.69 Å². The van der Waals surface area contributed by atoms with Crippen molar-refractivity contribution in [2.75, 3.05) is 0 Å². The lowest BCUT2D eigenvalue weighted by Gasteiger charge is -2.03. The van der Waals surface area contributed by atoms with Gasteiger partial charge in [0.2, 0.25) is 0 Å². The van der Waals surface area contributed by atoms with Crippen LogP contribution in [0.15, 0.2) is 59.5 Å². The van der Waals surface area contributed by atoms with Crippen LogP contribution in [0.1, 0.15) is 16.1 Å². The van der Waals surface area contributed by atoms with Gasteiger partial charge in [-0.25, -0.2) is 0 Å². The molecule has 0 saturated heterocycles. The summed E-state index contributed by atoms with van der Waals surface area (Å²) in [5.41, 5.74) is 1.39. The Morgan fingerprint density at radius 2 is 2.06 bits per heavy atom. The van der Waals surface area contributed by atoms with Crippen LogP contribution >= 0.6 is 0 Å². The van der Waals surface area contributed by atoms with E-state index < -0.39 is 0 Å². The minimum absolute atomic E-state index is 0.00759. The third-order valence-corrected chi connectivity index (χ3v) is 2.88. The topological polar surface area (TPSA) is 43.1 Å². The predicted octanol–water partition coefficient (Wildman–Crippen LogP) is 3.25. The molecule has 0 aliphatic carbocycles. The minimum atomic E-state index is 0.00759. The minimum Gasteiger partial charge on any atom is -0.472 e. The number of nitrogens with zero attached hydrogens (tertiary/aromatic N) is 1. The molecule has 3 aromatic rings. The third kappa shape index (κ3) is 1.91. The van der Waals surface area contributed by atoms with Gasteiger partial charge in [-0.05, 0) is 23.1 Å². The molecule has 0 spiro atoms. The van der Waals surface area contributed by atoms with E-state index >= 15 is 0 Å². The Balaban J connectivity index is 2.01. The van der Waals surface area contributed by atoms with Crippen LogP contribution in [-0.4, -0.2) is 10.8 Å². The predicted molar refractivity (Wildman–Crippen MR) is 68.5 cm³/mol. The van der Waals surface area contributed by atoms with Crippen molar-refractivity contribution < 1.29 is 9.21 Å². The van der Waals surface area contributed by atoms with Crippen LogP contribution in [0.25, 0.3) is 10.8 Å². The Hall–Kier alpha value is -2.42. The van der Waals surface area contributed by atoms with Crippen LogP contribution in [0.3, 0.4) is 0 Å². The summed E-state index contributed by atoms with van der Waals surface area (Å²) in [5.74, 6) is 0.00759. The van der Waals surface area contributed by atoms with Gasteiger partial charge in [0.25, 0.3) is 0 Å². The molecule has 0 unspecified atom stereocenters. The number of carbonyl (C=O) groups excluding carboxylic acids is 1. The molecule has 0 bridgehead atoms. The molecule has 0 fully saturated rings. The molecular formula is C15H11NO2. The molecule has 88 valence electrons. The van der Waals surface area contributed by atoms with Gasteiger partial charge in [0.05, 0.1) is 12.5 Å². The number of Topliss-reactive ketones (excluding diaryl/α,β-unsaturated/α-hetero) is 1. The quantitative estimate of drug-likeness (QED) is 0.657. The van der Waals surface area contributed by atoms with E-state index in [0.29, 0.717) is 12.1 Å². The van der Waals surface area contributed by atoms with Crippen molar-refractivity contribution in [2.45, 2.75) is 6.42 Å². The zero-order valence-corrected chi connectivity index (χ0v) is 9.67. The lowest BCUT2D eigenvalue weighted by atomic mass is 10.0. The summed E-state index contributed by atoms with van der Waals surface area (Å²) in [4.78, 5) is 16.4. The number of carbonyl (C=O) groups is 1. The summed E-state index contributed by atoms with van der Waals surface area (Å²) in [7, 11) is 0. The van der Waals surface area contributed by atoms with Gasteiger partial charge in [0, 0.05) is 18.0 Å². The second kappa shape index (κ2) is 4.45. The number of fused-ring (bicyclic) bond motifs is 1. The molecule has 3 rings (SSSR count). The zero-order chi connectivity index (χ0) is 12.4. The first-order valence-electron chi connectivity index (χ1n) is 5.72. The fourth-order valence-corrected chi connectivity index (χ4v) is 2.00. The molecule has 18 heavy (non-hydrogen) atoms. The fourth-order valence-electron chi connectivity index (χ4n) is 2.00.